The van der Waals surface area contributed by atoms with Crippen molar-refractivity contribution in [3.8, 4) is 17.1 Å². The van der Waals surface area contributed by atoms with E-state index in [4.69, 9.17) is 4.74 Å². The molecule has 0 aliphatic rings. The van der Waals surface area contributed by atoms with Gasteiger partial charge in [-0.15, -0.1) is 0 Å². The minimum atomic E-state index is -0.310. The highest BCUT2D eigenvalue weighted by Crippen LogP contribution is 2.22. The van der Waals surface area contributed by atoms with Gasteiger partial charge in [0, 0.05) is 23.0 Å². The molecule has 0 radical (unpaired) electrons. The minimum Gasteiger partial charge on any atom is -0.497 e. The van der Waals surface area contributed by atoms with Gasteiger partial charge in [-0.25, -0.2) is 14.4 Å². The fraction of sp³-hybridized carbons (Fsp3) is 0.150. The Morgan fingerprint density at radius 3 is 2.67 bits per heavy atom. The molecule has 1 N–H and O–H groups in total. The van der Waals surface area contributed by atoms with Gasteiger partial charge in [0.25, 0.3) is 0 Å². The molecular formula is C20H18FN3O2S. The molecule has 138 valence electrons. The number of carbonyl (C=O) groups excluding carboxylic acids is 1. The van der Waals surface area contributed by atoms with E-state index in [1.54, 1.807) is 31.4 Å². The van der Waals surface area contributed by atoms with Crippen molar-refractivity contribution in [3.63, 3.8) is 0 Å². The Bertz CT molecular complexity index is 948. The maximum Gasteiger partial charge on any atom is 0.234 e. The molecule has 0 unspecified atom stereocenters. The third-order valence-electron chi connectivity index (χ3n) is 3.64. The highest BCUT2D eigenvalue weighted by molar-refractivity contribution is 7.99. The van der Waals surface area contributed by atoms with Crippen LogP contribution in [-0.4, -0.2) is 28.7 Å². The lowest BCUT2D eigenvalue weighted by atomic mass is 10.2. The van der Waals surface area contributed by atoms with Gasteiger partial charge in [-0.3, -0.25) is 4.79 Å². The molecule has 1 amide bonds. The van der Waals surface area contributed by atoms with Crippen molar-refractivity contribution >= 4 is 23.4 Å². The summed E-state index contributed by atoms with van der Waals surface area (Å²) in [6, 6.07) is 15.0. The average Bonchev–Trinajstić information content (AvgIpc) is 2.67. The number of thioether (sulfide) groups is 1. The van der Waals surface area contributed by atoms with E-state index in [0.29, 0.717) is 22.3 Å². The van der Waals surface area contributed by atoms with Gasteiger partial charge in [-0.05, 0) is 49.4 Å². The van der Waals surface area contributed by atoms with E-state index >= 15 is 0 Å². The Morgan fingerprint density at radius 1 is 1.15 bits per heavy atom. The first-order valence-electron chi connectivity index (χ1n) is 8.22. The number of hydrogen-bond acceptors (Lipinski definition) is 5. The average molecular weight is 383 g/mol. The summed E-state index contributed by atoms with van der Waals surface area (Å²) in [5.41, 5.74) is 2.17. The first-order valence-corrected chi connectivity index (χ1v) is 9.20. The fourth-order valence-corrected chi connectivity index (χ4v) is 3.14. The molecular weight excluding hydrogens is 365 g/mol. The quantitative estimate of drug-likeness (QED) is 0.507. The van der Waals surface area contributed by atoms with Crippen LogP contribution in [0.3, 0.4) is 0 Å². The van der Waals surface area contributed by atoms with E-state index in [-0.39, 0.29) is 17.5 Å². The SMILES string of the molecule is COc1cccc(NC(=O)CSc2cc(C)nc(-c3ccc(F)cc3)n2)c1. The molecule has 7 heteroatoms. The van der Waals surface area contributed by atoms with Crippen LogP contribution < -0.4 is 10.1 Å². The number of aryl methyl sites for hydroxylation is 1. The molecule has 0 saturated carbocycles. The van der Waals surface area contributed by atoms with Crippen molar-refractivity contribution in [1.29, 1.82) is 0 Å². The summed E-state index contributed by atoms with van der Waals surface area (Å²) in [5.74, 6) is 0.931. The minimum absolute atomic E-state index is 0.146. The molecule has 0 bridgehead atoms. The lowest BCUT2D eigenvalue weighted by Crippen LogP contribution is -2.14. The molecule has 0 saturated heterocycles. The van der Waals surface area contributed by atoms with E-state index in [1.807, 2.05) is 25.1 Å². The first-order chi connectivity index (χ1) is 13.0. The summed E-state index contributed by atoms with van der Waals surface area (Å²) in [5, 5.41) is 3.51. The van der Waals surface area contributed by atoms with Crippen LogP contribution in [0.2, 0.25) is 0 Å². The third kappa shape index (κ3) is 5.27. The summed E-state index contributed by atoms with van der Waals surface area (Å²) in [6.07, 6.45) is 0. The van der Waals surface area contributed by atoms with Crippen LogP contribution in [0.1, 0.15) is 5.69 Å². The maximum absolute atomic E-state index is 13.1. The standard InChI is InChI=1S/C20H18FN3O2S/c1-13-10-19(24-20(22-13)14-6-8-15(21)9-7-14)27-12-18(25)23-16-4-3-5-17(11-16)26-2/h3-11H,12H2,1-2H3,(H,23,25). The number of hydrogen-bond donors (Lipinski definition) is 1. The molecule has 0 aliphatic heterocycles. The zero-order chi connectivity index (χ0) is 19.2. The number of nitrogens with zero attached hydrogens (tertiary/aromatic N) is 2. The first kappa shape index (κ1) is 18.8. The Morgan fingerprint density at radius 2 is 1.93 bits per heavy atom. The van der Waals surface area contributed by atoms with Gasteiger partial charge in [0.1, 0.15) is 16.6 Å². The second-order valence-electron chi connectivity index (χ2n) is 5.75. The van der Waals surface area contributed by atoms with Gasteiger partial charge in [0.05, 0.1) is 12.9 Å². The number of anilines is 1. The number of nitrogens with one attached hydrogen (secondary N) is 1. The van der Waals surface area contributed by atoms with E-state index in [0.717, 1.165) is 11.3 Å². The molecule has 0 atom stereocenters. The number of rotatable bonds is 6. The zero-order valence-electron chi connectivity index (χ0n) is 14.9. The lowest BCUT2D eigenvalue weighted by molar-refractivity contribution is -0.113. The van der Waals surface area contributed by atoms with E-state index in [9.17, 15) is 9.18 Å². The number of benzene rings is 2. The van der Waals surface area contributed by atoms with Crippen molar-refractivity contribution in [3.05, 3.63) is 66.1 Å². The van der Waals surface area contributed by atoms with E-state index < -0.39 is 0 Å². The van der Waals surface area contributed by atoms with Crippen LogP contribution in [0.5, 0.6) is 5.75 Å². The Kier molecular flexibility index (Phi) is 6.03. The van der Waals surface area contributed by atoms with Gasteiger partial charge in [-0.1, -0.05) is 17.8 Å². The van der Waals surface area contributed by atoms with Gasteiger partial charge in [-0.2, -0.15) is 0 Å². The molecule has 3 rings (SSSR count). The summed E-state index contributed by atoms with van der Waals surface area (Å²) in [4.78, 5) is 21.1. The van der Waals surface area contributed by atoms with E-state index in [2.05, 4.69) is 15.3 Å². The third-order valence-corrected chi connectivity index (χ3v) is 4.55. The van der Waals surface area contributed by atoms with Crippen molar-refractivity contribution in [2.75, 3.05) is 18.2 Å². The molecule has 27 heavy (non-hydrogen) atoms. The molecule has 1 heterocycles. The molecule has 3 aromatic rings. The zero-order valence-corrected chi connectivity index (χ0v) is 15.7. The van der Waals surface area contributed by atoms with Gasteiger partial charge >= 0.3 is 0 Å². The highest BCUT2D eigenvalue weighted by Gasteiger charge is 2.09. The number of amides is 1. The Balaban J connectivity index is 1.66. The molecule has 0 spiro atoms. The van der Waals surface area contributed by atoms with E-state index in [1.165, 1.54) is 23.9 Å². The number of methoxy groups -OCH3 is 1. The predicted molar refractivity (Wildman–Crippen MR) is 105 cm³/mol. The molecule has 0 fully saturated rings. The number of aromatic nitrogens is 2. The molecule has 2 aromatic carbocycles. The van der Waals surface area contributed by atoms with Crippen molar-refractivity contribution in [1.82, 2.24) is 9.97 Å². The van der Waals surface area contributed by atoms with Crippen LogP contribution in [0.25, 0.3) is 11.4 Å². The second-order valence-corrected chi connectivity index (χ2v) is 6.74. The van der Waals surface area contributed by atoms with Crippen molar-refractivity contribution < 1.29 is 13.9 Å². The summed E-state index contributed by atoms with van der Waals surface area (Å²) >= 11 is 1.32. The normalized spacial score (nSPS) is 10.5. The number of carbonyl (C=O) groups is 1. The van der Waals surface area contributed by atoms with Crippen LogP contribution in [0.15, 0.2) is 59.6 Å². The topological polar surface area (TPSA) is 64.1 Å². The largest absolute Gasteiger partial charge is 0.497 e. The predicted octanol–water partition coefficient (Wildman–Crippen LogP) is 4.33. The smallest absolute Gasteiger partial charge is 0.234 e. The number of halogens is 1. The van der Waals surface area contributed by atoms with Crippen LogP contribution in [0.4, 0.5) is 10.1 Å². The van der Waals surface area contributed by atoms with Gasteiger partial charge < -0.3 is 10.1 Å². The lowest BCUT2D eigenvalue weighted by Gasteiger charge is -2.08. The van der Waals surface area contributed by atoms with Crippen LogP contribution in [0, 0.1) is 12.7 Å². The second kappa shape index (κ2) is 8.64. The maximum atomic E-state index is 13.1. The summed E-state index contributed by atoms with van der Waals surface area (Å²) in [7, 11) is 1.58. The van der Waals surface area contributed by atoms with Crippen LogP contribution in [-0.2, 0) is 4.79 Å². The van der Waals surface area contributed by atoms with Crippen molar-refractivity contribution in [2.45, 2.75) is 11.9 Å². The molecule has 5 nitrogen and oxygen atoms in total. The molecule has 1 aromatic heterocycles. The van der Waals surface area contributed by atoms with Gasteiger partial charge in [0.2, 0.25) is 5.91 Å². The molecule has 0 aliphatic carbocycles. The summed E-state index contributed by atoms with van der Waals surface area (Å²) in [6.45, 7) is 1.86. The number of ether oxygens (including phenoxy) is 1. The Labute approximate surface area is 161 Å². The highest BCUT2D eigenvalue weighted by atomic mass is 32.2. The van der Waals surface area contributed by atoms with Gasteiger partial charge in [0.15, 0.2) is 5.82 Å². The fourth-order valence-electron chi connectivity index (χ4n) is 2.38. The van der Waals surface area contributed by atoms with Crippen molar-refractivity contribution in [2.24, 2.45) is 0 Å². The van der Waals surface area contributed by atoms with Crippen LogP contribution >= 0.6 is 11.8 Å². The monoisotopic (exact) mass is 383 g/mol. The summed E-state index contributed by atoms with van der Waals surface area (Å²) < 4.78 is 18.2. The Hall–Kier alpha value is -2.93.